The maximum absolute atomic E-state index is 12.8. The van der Waals surface area contributed by atoms with E-state index >= 15 is 0 Å². The molecule has 34 heavy (non-hydrogen) atoms. The number of primary amides is 1. The van der Waals surface area contributed by atoms with Gasteiger partial charge in [0, 0.05) is 11.2 Å². The standard InChI is InChI=1S/C23H25ClN4O5S/c1-5-8-32-23(31)17-14(4)19(20(25)29)34-22(17)26-21(30)16-6-7-28(27-16)11-33-15-9-12(2)18(24)13(3)10-15/h6-7,9-10H,5,8,11H2,1-4H3,(H2,25,29)(H,26,30). The molecule has 2 aromatic heterocycles. The highest BCUT2D eigenvalue weighted by Gasteiger charge is 2.26. The fourth-order valence-corrected chi connectivity index (χ4v) is 4.35. The lowest BCUT2D eigenvalue weighted by Gasteiger charge is -2.10. The van der Waals surface area contributed by atoms with E-state index in [0.717, 1.165) is 22.5 Å². The van der Waals surface area contributed by atoms with Crippen molar-refractivity contribution in [2.75, 3.05) is 11.9 Å². The molecule has 1 aromatic carbocycles. The minimum atomic E-state index is -0.693. The van der Waals surface area contributed by atoms with Gasteiger partial charge in [0.2, 0.25) is 0 Å². The summed E-state index contributed by atoms with van der Waals surface area (Å²) in [5.74, 6) is -1.25. The second-order valence-corrected chi connectivity index (χ2v) is 9.00. The summed E-state index contributed by atoms with van der Waals surface area (Å²) in [6, 6.07) is 5.16. The Bertz CT molecular complexity index is 1230. The zero-order chi connectivity index (χ0) is 25.0. The van der Waals surface area contributed by atoms with Gasteiger partial charge < -0.3 is 20.5 Å². The molecule has 0 atom stereocenters. The molecule has 180 valence electrons. The van der Waals surface area contributed by atoms with E-state index in [-0.39, 0.29) is 34.5 Å². The van der Waals surface area contributed by atoms with Crippen molar-refractivity contribution < 1.29 is 23.9 Å². The van der Waals surface area contributed by atoms with Gasteiger partial charge in [-0.3, -0.25) is 9.59 Å². The minimum absolute atomic E-state index is 0.0757. The Labute approximate surface area is 205 Å². The number of aryl methyl sites for hydroxylation is 2. The molecule has 0 fully saturated rings. The molecule has 9 nitrogen and oxygen atoms in total. The fourth-order valence-electron chi connectivity index (χ4n) is 3.20. The summed E-state index contributed by atoms with van der Waals surface area (Å²) in [6.45, 7) is 7.51. The molecule has 0 saturated carbocycles. The maximum Gasteiger partial charge on any atom is 0.341 e. The second kappa shape index (κ2) is 10.7. The molecule has 0 spiro atoms. The normalized spacial score (nSPS) is 10.7. The number of benzene rings is 1. The highest BCUT2D eigenvalue weighted by atomic mass is 35.5. The predicted octanol–water partition coefficient (Wildman–Crippen LogP) is 4.48. The number of nitrogens with one attached hydrogen (secondary N) is 1. The average molecular weight is 505 g/mol. The summed E-state index contributed by atoms with van der Waals surface area (Å²) in [7, 11) is 0. The summed E-state index contributed by atoms with van der Waals surface area (Å²) in [4.78, 5) is 37.3. The van der Waals surface area contributed by atoms with E-state index in [0.29, 0.717) is 22.8 Å². The number of hydrogen-bond donors (Lipinski definition) is 2. The average Bonchev–Trinajstić information content (AvgIpc) is 3.39. The molecule has 0 bridgehead atoms. The summed E-state index contributed by atoms with van der Waals surface area (Å²) in [5.41, 5.74) is 7.78. The monoisotopic (exact) mass is 504 g/mol. The van der Waals surface area contributed by atoms with E-state index in [1.165, 1.54) is 10.7 Å². The highest BCUT2D eigenvalue weighted by Crippen LogP contribution is 2.34. The number of ether oxygens (including phenoxy) is 2. The van der Waals surface area contributed by atoms with E-state index in [1.807, 2.05) is 32.9 Å². The Morgan fingerprint density at radius 1 is 1.21 bits per heavy atom. The summed E-state index contributed by atoms with van der Waals surface area (Å²) in [6.07, 6.45) is 2.23. The van der Waals surface area contributed by atoms with Crippen LogP contribution in [0.5, 0.6) is 5.75 Å². The Morgan fingerprint density at radius 3 is 2.50 bits per heavy atom. The number of hydrogen-bond acceptors (Lipinski definition) is 7. The smallest absolute Gasteiger partial charge is 0.341 e. The molecule has 0 radical (unpaired) electrons. The van der Waals surface area contributed by atoms with E-state index < -0.39 is 17.8 Å². The van der Waals surface area contributed by atoms with Crippen molar-refractivity contribution in [3.05, 3.63) is 62.2 Å². The SMILES string of the molecule is CCCOC(=O)c1c(NC(=O)c2ccn(COc3cc(C)c(Cl)c(C)c3)n2)sc(C(N)=O)c1C. The van der Waals surface area contributed by atoms with E-state index in [2.05, 4.69) is 10.4 Å². The summed E-state index contributed by atoms with van der Waals surface area (Å²) in [5, 5.41) is 7.73. The van der Waals surface area contributed by atoms with Gasteiger partial charge in [-0.2, -0.15) is 5.10 Å². The number of carbonyl (C=O) groups excluding carboxylic acids is 3. The van der Waals surface area contributed by atoms with Crippen molar-refractivity contribution >= 4 is 45.7 Å². The zero-order valence-electron chi connectivity index (χ0n) is 19.2. The van der Waals surface area contributed by atoms with Crippen LogP contribution < -0.4 is 15.8 Å². The number of amides is 2. The van der Waals surface area contributed by atoms with Crippen LogP contribution in [-0.4, -0.2) is 34.2 Å². The molecule has 0 aliphatic carbocycles. The van der Waals surface area contributed by atoms with Crippen LogP contribution in [0.4, 0.5) is 5.00 Å². The van der Waals surface area contributed by atoms with Crippen LogP contribution >= 0.6 is 22.9 Å². The van der Waals surface area contributed by atoms with Crippen LogP contribution in [0, 0.1) is 20.8 Å². The number of nitrogens with zero attached hydrogens (tertiary/aromatic N) is 2. The van der Waals surface area contributed by atoms with Gasteiger partial charge in [-0.25, -0.2) is 9.48 Å². The number of anilines is 1. The molecule has 3 aromatic rings. The Kier molecular flexibility index (Phi) is 7.95. The molecule has 0 unspecified atom stereocenters. The quantitative estimate of drug-likeness (QED) is 0.414. The van der Waals surface area contributed by atoms with Crippen molar-refractivity contribution in [3.63, 3.8) is 0 Å². The van der Waals surface area contributed by atoms with Gasteiger partial charge >= 0.3 is 5.97 Å². The van der Waals surface area contributed by atoms with Crippen LogP contribution in [0.1, 0.15) is 60.6 Å². The second-order valence-electron chi connectivity index (χ2n) is 7.60. The van der Waals surface area contributed by atoms with Crippen LogP contribution in [0.15, 0.2) is 24.4 Å². The minimum Gasteiger partial charge on any atom is -0.471 e. The van der Waals surface area contributed by atoms with Gasteiger partial charge in [0.1, 0.15) is 10.8 Å². The first-order valence-corrected chi connectivity index (χ1v) is 11.7. The number of nitrogens with two attached hydrogens (primary N) is 1. The molecule has 0 aliphatic heterocycles. The Hall–Kier alpha value is -3.37. The van der Waals surface area contributed by atoms with Crippen LogP contribution in [-0.2, 0) is 11.5 Å². The lowest BCUT2D eigenvalue weighted by atomic mass is 10.1. The number of esters is 1. The third-order valence-electron chi connectivity index (χ3n) is 4.89. The molecule has 2 heterocycles. The van der Waals surface area contributed by atoms with E-state index in [9.17, 15) is 14.4 Å². The third-order valence-corrected chi connectivity index (χ3v) is 6.70. The van der Waals surface area contributed by atoms with Gasteiger partial charge in [0.25, 0.3) is 11.8 Å². The Morgan fingerprint density at radius 2 is 1.88 bits per heavy atom. The van der Waals surface area contributed by atoms with Gasteiger partial charge in [0.05, 0.1) is 17.0 Å². The lowest BCUT2D eigenvalue weighted by molar-refractivity contribution is 0.0506. The number of halogens is 1. The lowest BCUT2D eigenvalue weighted by Crippen LogP contribution is -2.16. The molecule has 3 rings (SSSR count). The first-order valence-electron chi connectivity index (χ1n) is 10.5. The van der Waals surface area contributed by atoms with Gasteiger partial charge in [-0.05, 0) is 62.1 Å². The molecule has 11 heteroatoms. The molecule has 0 saturated heterocycles. The molecular formula is C23H25ClN4O5S. The maximum atomic E-state index is 12.8. The van der Waals surface area contributed by atoms with Gasteiger partial charge in [0.15, 0.2) is 12.4 Å². The van der Waals surface area contributed by atoms with Crippen LogP contribution in [0.2, 0.25) is 5.02 Å². The Balaban J connectivity index is 1.75. The van der Waals surface area contributed by atoms with E-state index in [1.54, 1.807) is 13.1 Å². The number of carbonyl (C=O) groups is 3. The largest absolute Gasteiger partial charge is 0.471 e. The summed E-state index contributed by atoms with van der Waals surface area (Å²) >= 11 is 7.10. The molecule has 2 amide bonds. The van der Waals surface area contributed by atoms with Crippen molar-refractivity contribution in [3.8, 4) is 5.75 Å². The molecule has 3 N–H and O–H groups in total. The molecule has 0 aliphatic rings. The number of thiophene rings is 1. The van der Waals surface area contributed by atoms with Crippen molar-refractivity contribution in [1.29, 1.82) is 0 Å². The van der Waals surface area contributed by atoms with Crippen molar-refractivity contribution in [1.82, 2.24) is 9.78 Å². The van der Waals surface area contributed by atoms with Crippen molar-refractivity contribution in [2.24, 2.45) is 5.73 Å². The summed E-state index contributed by atoms with van der Waals surface area (Å²) < 4.78 is 12.4. The first kappa shape index (κ1) is 25.3. The predicted molar refractivity (Wildman–Crippen MR) is 130 cm³/mol. The highest BCUT2D eigenvalue weighted by molar-refractivity contribution is 7.18. The fraction of sp³-hybridized carbons (Fsp3) is 0.304. The zero-order valence-corrected chi connectivity index (χ0v) is 20.8. The van der Waals surface area contributed by atoms with Crippen LogP contribution in [0.25, 0.3) is 0 Å². The van der Waals surface area contributed by atoms with Gasteiger partial charge in [-0.1, -0.05) is 18.5 Å². The first-order chi connectivity index (χ1) is 16.1. The van der Waals surface area contributed by atoms with Crippen molar-refractivity contribution in [2.45, 2.75) is 40.8 Å². The molecular weight excluding hydrogens is 480 g/mol. The topological polar surface area (TPSA) is 126 Å². The number of aromatic nitrogens is 2. The third kappa shape index (κ3) is 5.57. The van der Waals surface area contributed by atoms with E-state index in [4.69, 9.17) is 26.8 Å². The van der Waals surface area contributed by atoms with Crippen LogP contribution in [0.3, 0.4) is 0 Å². The number of rotatable bonds is 9. The van der Waals surface area contributed by atoms with Gasteiger partial charge in [-0.15, -0.1) is 11.3 Å².